The van der Waals surface area contributed by atoms with Gasteiger partial charge in [0.05, 0.1) is 13.2 Å². The van der Waals surface area contributed by atoms with Crippen LogP contribution in [0.15, 0.2) is 16.5 Å². The second-order valence-electron chi connectivity index (χ2n) is 5.18. The molecule has 0 spiro atoms. The van der Waals surface area contributed by atoms with Gasteiger partial charge in [-0.25, -0.2) is 0 Å². The maximum Gasteiger partial charge on any atom is 0.164 e. The Balaban J connectivity index is 1.91. The van der Waals surface area contributed by atoms with E-state index >= 15 is 0 Å². The summed E-state index contributed by atoms with van der Waals surface area (Å²) in [6, 6.07) is 3.96. The largest absolute Gasteiger partial charge is 0.454 e. The molecular formula is C13H20INO2. The standard InChI is InChI=1S/C13H20INO2/c1-10-4-6-13(9-16,7-5-10)15-8-11-2-3-12(14)17-11/h2-3,10,15-16H,4-9H2,1H3. The molecule has 1 aromatic heterocycles. The van der Waals surface area contributed by atoms with Crippen LogP contribution in [0.1, 0.15) is 38.4 Å². The number of nitrogens with one attached hydrogen (secondary N) is 1. The monoisotopic (exact) mass is 349 g/mol. The van der Waals surface area contributed by atoms with Crippen molar-refractivity contribution < 1.29 is 9.52 Å². The van der Waals surface area contributed by atoms with Crippen molar-refractivity contribution in [3.8, 4) is 0 Å². The van der Waals surface area contributed by atoms with E-state index in [0.29, 0.717) is 6.54 Å². The molecule has 0 amide bonds. The molecule has 2 N–H and O–H groups in total. The smallest absolute Gasteiger partial charge is 0.164 e. The quantitative estimate of drug-likeness (QED) is 0.822. The number of rotatable bonds is 4. The summed E-state index contributed by atoms with van der Waals surface area (Å²) >= 11 is 2.17. The summed E-state index contributed by atoms with van der Waals surface area (Å²) in [4.78, 5) is 0. The Hall–Kier alpha value is -0.0700. The third-order valence-corrected chi connectivity index (χ3v) is 4.38. The van der Waals surface area contributed by atoms with Gasteiger partial charge in [0.15, 0.2) is 3.77 Å². The van der Waals surface area contributed by atoms with Crippen molar-refractivity contribution in [2.75, 3.05) is 6.61 Å². The van der Waals surface area contributed by atoms with E-state index in [2.05, 4.69) is 34.8 Å². The molecule has 3 nitrogen and oxygen atoms in total. The molecule has 2 rings (SSSR count). The van der Waals surface area contributed by atoms with E-state index in [9.17, 15) is 5.11 Å². The number of hydrogen-bond donors (Lipinski definition) is 2. The summed E-state index contributed by atoms with van der Waals surface area (Å²) in [7, 11) is 0. The fourth-order valence-electron chi connectivity index (χ4n) is 2.43. The summed E-state index contributed by atoms with van der Waals surface area (Å²) < 4.78 is 6.44. The van der Waals surface area contributed by atoms with E-state index in [0.717, 1.165) is 28.3 Å². The molecule has 1 saturated carbocycles. The molecule has 1 heterocycles. The minimum atomic E-state index is -0.0925. The lowest BCUT2D eigenvalue weighted by molar-refractivity contribution is 0.102. The summed E-state index contributed by atoms with van der Waals surface area (Å²) in [5.74, 6) is 1.74. The first-order chi connectivity index (χ1) is 8.13. The van der Waals surface area contributed by atoms with E-state index in [-0.39, 0.29) is 12.1 Å². The summed E-state index contributed by atoms with van der Waals surface area (Å²) in [5, 5.41) is 13.1. The third kappa shape index (κ3) is 3.45. The topological polar surface area (TPSA) is 45.4 Å². The lowest BCUT2D eigenvalue weighted by Crippen LogP contribution is -2.50. The van der Waals surface area contributed by atoms with Crippen LogP contribution in [0.25, 0.3) is 0 Å². The first kappa shape index (κ1) is 13.4. The van der Waals surface area contributed by atoms with E-state index in [1.54, 1.807) is 0 Å². The molecule has 1 aromatic rings. The van der Waals surface area contributed by atoms with Crippen LogP contribution in [-0.2, 0) is 6.54 Å². The minimum absolute atomic E-state index is 0.0925. The second-order valence-corrected chi connectivity index (χ2v) is 6.24. The van der Waals surface area contributed by atoms with Gasteiger partial charge in [0.1, 0.15) is 5.76 Å². The molecule has 1 aliphatic carbocycles. The van der Waals surface area contributed by atoms with Gasteiger partial charge in [0, 0.05) is 5.54 Å². The fraction of sp³-hybridized carbons (Fsp3) is 0.692. The van der Waals surface area contributed by atoms with Crippen LogP contribution in [0.4, 0.5) is 0 Å². The molecule has 0 aliphatic heterocycles. The number of hydrogen-bond acceptors (Lipinski definition) is 3. The number of furan rings is 1. The minimum Gasteiger partial charge on any atom is -0.454 e. The van der Waals surface area contributed by atoms with Crippen molar-refractivity contribution in [2.45, 2.75) is 44.7 Å². The lowest BCUT2D eigenvalue weighted by Gasteiger charge is -2.38. The van der Waals surface area contributed by atoms with Crippen molar-refractivity contribution in [1.29, 1.82) is 0 Å². The predicted octanol–water partition coefficient (Wildman–Crippen LogP) is 2.92. The Morgan fingerprint density at radius 1 is 1.47 bits per heavy atom. The maximum atomic E-state index is 9.62. The molecule has 0 aromatic carbocycles. The Labute approximate surface area is 116 Å². The van der Waals surface area contributed by atoms with Crippen LogP contribution >= 0.6 is 22.6 Å². The van der Waals surface area contributed by atoms with E-state index in [4.69, 9.17) is 4.42 Å². The average molecular weight is 349 g/mol. The Morgan fingerprint density at radius 2 is 2.18 bits per heavy atom. The normalized spacial score (nSPS) is 29.5. The van der Waals surface area contributed by atoms with Gasteiger partial charge in [0.25, 0.3) is 0 Å². The van der Waals surface area contributed by atoms with Crippen LogP contribution in [0.2, 0.25) is 0 Å². The summed E-state index contributed by atoms with van der Waals surface area (Å²) in [6.07, 6.45) is 4.51. The highest BCUT2D eigenvalue weighted by Gasteiger charge is 2.33. The Morgan fingerprint density at radius 3 is 2.71 bits per heavy atom. The molecule has 0 radical (unpaired) electrons. The molecule has 0 atom stereocenters. The van der Waals surface area contributed by atoms with Gasteiger partial charge >= 0.3 is 0 Å². The Kier molecular flexibility index (Phi) is 4.49. The summed E-state index contributed by atoms with van der Waals surface area (Å²) in [6.45, 7) is 3.21. The zero-order valence-corrected chi connectivity index (χ0v) is 12.4. The van der Waals surface area contributed by atoms with Gasteiger partial charge in [-0.2, -0.15) is 0 Å². The van der Waals surface area contributed by atoms with Gasteiger partial charge in [-0.15, -0.1) is 0 Å². The second kappa shape index (κ2) is 5.71. The number of aliphatic hydroxyl groups excluding tert-OH is 1. The lowest BCUT2D eigenvalue weighted by atomic mass is 9.77. The van der Waals surface area contributed by atoms with Crippen LogP contribution in [-0.4, -0.2) is 17.3 Å². The zero-order valence-electron chi connectivity index (χ0n) is 10.2. The molecule has 0 saturated heterocycles. The van der Waals surface area contributed by atoms with Gasteiger partial charge in [-0.1, -0.05) is 6.92 Å². The van der Waals surface area contributed by atoms with Crippen molar-refractivity contribution in [3.63, 3.8) is 0 Å². The van der Waals surface area contributed by atoms with E-state index in [1.165, 1.54) is 12.8 Å². The SMILES string of the molecule is CC1CCC(CO)(NCc2ccc(I)o2)CC1. The molecule has 4 heteroatoms. The van der Waals surface area contributed by atoms with Crippen molar-refractivity contribution in [3.05, 3.63) is 21.7 Å². The molecule has 1 aliphatic rings. The fourth-order valence-corrected chi connectivity index (χ4v) is 2.89. The molecule has 0 unspecified atom stereocenters. The van der Waals surface area contributed by atoms with E-state index < -0.39 is 0 Å². The highest BCUT2D eigenvalue weighted by Crippen LogP contribution is 2.31. The zero-order chi connectivity index (χ0) is 12.3. The van der Waals surface area contributed by atoms with Crippen LogP contribution in [0.3, 0.4) is 0 Å². The molecule has 0 bridgehead atoms. The average Bonchev–Trinajstić information content (AvgIpc) is 2.75. The van der Waals surface area contributed by atoms with Crippen LogP contribution in [0, 0.1) is 9.68 Å². The first-order valence-electron chi connectivity index (χ1n) is 6.24. The van der Waals surface area contributed by atoms with Crippen LogP contribution < -0.4 is 5.32 Å². The number of aliphatic hydroxyl groups is 1. The van der Waals surface area contributed by atoms with Gasteiger partial charge in [0.2, 0.25) is 0 Å². The van der Waals surface area contributed by atoms with Crippen molar-refractivity contribution in [2.24, 2.45) is 5.92 Å². The first-order valence-corrected chi connectivity index (χ1v) is 7.31. The molecular weight excluding hydrogens is 329 g/mol. The predicted molar refractivity (Wildman–Crippen MR) is 75.7 cm³/mol. The molecule has 1 fully saturated rings. The van der Waals surface area contributed by atoms with Crippen molar-refractivity contribution in [1.82, 2.24) is 5.32 Å². The van der Waals surface area contributed by atoms with Gasteiger partial charge in [-0.3, -0.25) is 0 Å². The third-order valence-electron chi connectivity index (χ3n) is 3.80. The van der Waals surface area contributed by atoms with Crippen molar-refractivity contribution >= 4 is 22.6 Å². The number of halogens is 1. The molecule has 17 heavy (non-hydrogen) atoms. The molecule has 96 valence electrons. The highest BCUT2D eigenvalue weighted by molar-refractivity contribution is 14.1. The maximum absolute atomic E-state index is 9.62. The van der Waals surface area contributed by atoms with E-state index in [1.807, 2.05) is 12.1 Å². The van der Waals surface area contributed by atoms with Crippen LogP contribution in [0.5, 0.6) is 0 Å². The highest BCUT2D eigenvalue weighted by atomic mass is 127. The van der Waals surface area contributed by atoms with Gasteiger partial charge < -0.3 is 14.8 Å². The summed E-state index contributed by atoms with van der Waals surface area (Å²) in [5.41, 5.74) is -0.0925. The Bertz CT molecular complexity index is 356. The van der Waals surface area contributed by atoms with Gasteiger partial charge in [-0.05, 0) is 66.3 Å².